The minimum atomic E-state index is -0.574. The Labute approximate surface area is 134 Å². The van der Waals surface area contributed by atoms with Crippen molar-refractivity contribution in [3.05, 3.63) is 27.8 Å². The van der Waals surface area contributed by atoms with E-state index in [9.17, 15) is 14.9 Å². The van der Waals surface area contributed by atoms with Crippen LogP contribution in [0.15, 0.2) is 17.0 Å². The van der Waals surface area contributed by atoms with Gasteiger partial charge in [-0.1, -0.05) is 6.92 Å². The van der Waals surface area contributed by atoms with Gasteiger partial charge in [-0.15, -0.1) is 11.8 Å². The second-order valence-corrected chi connectivity index (χ2v) is 5.50. The zero-order valence-corrected chi connectivity index (χ0v) is 14.0. The van der Waals surface area contributed by atoms with Gasteiger partial charge in [0.1, 0.15) is 11.3 Å². The summed E-state index contributed by atoms with van der Waals surface area (Å²) >= 11 is 1.36. The van der Waals surface area contributed by atoms with Crippen LogP contribution in [0, 0.1) is 10.1 Å². The topological polar surface area (TPSA) is 93.5 Å². The minimum absolute atomic E-state index is 0.0406. The summed E-state index contributed by atoms with van der Waals surface area (Å²) in [6, 6.07) is 2.87. The van der Waals surface area contributed by atoms with Gasteiger partial charge < -0.3 is 15.4 Å². The lowest BCUT2D eigenvalue weighted by molar-refractivity contribution is -0.385. The summed E-state index contributed by atoms with van der Waals surface area (Å²) < 4.78 is 5.12. The molecule has 0 spiro atoms. The number of ether oxygens (including phenoxy) is 1. The molecule has 1 aromatic carbocycles. The molecule has 0 saturated heterocycles. The van der Waals surface area contributed by atoms with Crippen LogP contribution < -0.4 is 15.4 Å². The van der Waals surface area contributed by atoms with Gasteiger partial charge in [0.2, 0.25) is 0 Å². The molecule has 0 saturated carbocycles. The number of hydrogen-bond acceptors (Lipinski definition) is 6. The highest BCUT2D eigenvalue weighted by Crippen LogP contribution is 2.34. The fourth-order valence-electron chi connectivity index (χ4n) is 1.96. The Hall–Kier alpha value is -1.80. The molecule has 0 aliphatic heterocycles. The van der Waals surface area contributed by atoms with Crippen LogP contribution in [-0.2, 0) is 0 Å². The third kappa shape index (κ3) is 4.60. The number of nitrogens with one attached hydrogen (secondary N) is 2. The Morgan fingerprint density at radius 3 is 2.68 bits per heavy atom. The van der Waals surface area contributed by atoms with E-state index >= 15 is 0 Å². The lowest BCUT2D eigenvalue weighted by Gasteiger charge is -2.14. The summed E-state index contributed by atoms with van der Waals surface area (Å²) in [5.41, 5.74) is -0.220. The van der Waals surface area contributed by atoms with E-state index in [0.29, 0.717) is 17.2 Å². The molecule has 1 amide bonds. The summed E-state index contributed by atoms with van der Waals surface area (Å²) in [7, 11) is 1.44. The van der Waals surface area contributed by atoms with Crippen molar-refractivity contribution in [2.24, 2.45) is 0 Å². The SMILES string of the molecule is CCN[C@H](C)CNC(=O)c1cc(SC)c(OC)cc1[N+](=O)[O-]. The number of nitro groups is 1. The molecule has 22 heavy (non-hydrogen) atoms. The lowest BCUT2D eigenvalue weighted by atomic mass is 10.1. The van der Waals surface area contributed by atoms with Gasteiger partial charge in [-0.25, -0.2) is 0 Å². The number of hydrogen-bond donors (Lipinski definition) is 2. The lowest BCUT2D eigenvalue weighted by Crippen LogP contribution is -2.39. The molecule has 0 heterocycles. The highest BCUT2D eigenvalue weighted by Gasteiger charge is 2.23. The quantitative estimate of drug-likeness (QED) is 0.431. The summed E-state index contributed by atoms with van der Waals surface area (Å²) in [5, 5.41) is 17.1. The normalized spacial score (nSPS) is 11.8. The number of rotatable bonds is 8. The van der Waals surface area contributed by atoms with Crippen LogP contribution in [-0.4, -0.2) is 43.3 Å². The molecule has 1 rings (SSSR count). The standard InChI is InChI=1S/C14H21N3O4S/c1-5-15-9(2)8-16-14(18)10-6-13(22-4)12(21-3)7-11(10)17(19)20/h6-7,9,15H,5,8H2,1-4H3,(H,16,18)/t9-/m1/s1. The number of carbonyl (C=O) groups is 1. The Balaban J connectivity index is 3.05. The smallest absolute Gasteiger partial charge is 0.285 e. The van der Waals surface area contributed by atoms with E-state index in [1.165, 1.54) is 31.0 Å². The van der Waals surface area contributed by atoms with Crippen LogP contribution >= 0.6 is 11.8 Å². The van der Waals surface area contributed by atoms with E-state index in [0.717, 1.165) is 6.54 Å². The highest BCUT2D eigenvalue weighted by molar-refractivity contribution is 7.98. The van der Waals surface area contributed by atoms with Crippen molar-refractivity contribution in [2.75, 3.05) is 26.5 Å². The van der Waals surface area contributed by atoms with Crippen molar-refractivity contribution < 1.29 is 14.5 Å². The molecule has 0 fully saturated rings. The van der Waals surface area contributed by atoms with Crippen LogP contribution in [0.25, 0.3) is 0 Å². The molecule has 0 radical (unpaired) electrons. The minimum Gasteiger partial charge on any atom is -0.495 e. The molecule has 0 aromatic heterocycles. The van der Waals surface area contributed by atoms with Gasteiger partial charge in [-0.05, 0) is 25.8 Å². The van der Waals surface area contributed by atoms with Gasteiger partial charge >= 0.3 is 0 Å². The number of thioether (sulfide) groups is 1. The van der Waals surface area contributed by atoms with Crippen LogP contribution in [0.5, 0.6) is 5.75 Å². The van der Waals surface area contributed by atoms with Gasteiger partial charge in [0, 0.05) is 12.6 Å². The fraction of sp³-hybridized carbons (Fsp3) is 0.500. The average Bonchev–Trinajstić information content (AvgIpc) is 2.51. The molecule has 1 aromatic rings. The van der Waals surface area contributed by atoms with Crippen molar-refractivity contribution in [2.45, 2.75) is 24.8 Å². The third-order valence-corrected chi connectivity index (χ3v) is 3.82. The number of amides is 1. The van der Waals surface area contributed by atoms with Crippen LogP contribution in [0.2, 0.25) is 0 Å². The Morgan fingerprint density at radius 1 is 1.50 bits per heavy atom. The maximum atomic E-state index is 12.3. The van der Waals surface area contributed by atoms with Crippen LogP contribution in [0.4, 0.5) is 5.69 Å². The van der Waals surface area contributed by atoms with E-state index in [1.807, 2.05) is 20.1 Å². The third-order valence-electron chi connectivity index (χ3n) is 3.06. The first-order chi connectivity index (χ1) is 10.4. The molecule has 0 aliphatic carbocycles. The zero-order chi connectivity index (χ0) is 16.7. The Bertz CT molecular complexity index is 551. The summed E-state index contributed by atoms with van der Waals surface area (Å²) in [4.78, 5) is 23.5. The molecular formula is C14H21N3O4S. The second kappa shape index (κ2) is 8.60. The van der Waals surface area contributed by atoms with E-state index in [4.69, 9.17) is 4.74 Å². The summed E-state index contributed by atoms with van der Waals surface area (Å²) in [6.07, 6.45) is 1.82. The number of methoxy groups -OCH3 is 1. The molecule has 0 unspecified atom stereocenters. The van der Waals surface area contributed by atoms with Gasteiger partial charge in [0.15, 0.2) is 0 Å². The molecule has 8 heteroatoms. The maximum absolute atomic E-state index is 12.3. The molecule has 7 nitrogen and oxygen atoms in total. The Kier molecular flexibility index (Phi) is 7.13. The second-order valence-electron chi connectivity index (χ2n) is 4.65. The zero-order valence-electron chi connectivity index (χ0n) is 13.1. The van der Waals surface area contributed by atoms with Gasteiger partial charge in [-0.2, -0.15) is 0 Å². The van der Waals surface area contributed by atoms with Crippen molar-refractivity contribution in [1.82, 2.24) is 10.6 Å². The van der Waals surface area contributed by atoms with E-state index < -0.39 is 10.8 Å². The molecule has 1 atom stereocenters. The maximum Gasteiger partial charge on any atom is 0.285 e. The van der Waals surface area contributed by atoms with Crippen molar-refractivity contribution in [3.8, 4) is 5.75 Å². The number of carbonyl (C=O) groups excluding carboxylic acids is 1. The van der Waals surface area contributed by atoms with Gasteiger partial charge in [0.25, 0.3) is 11.6 Å². The van der Waals surface area contributed by atoms with Crippen molar-refractivity contribution in [1.29, 1.82) is 0 Å². The van der Waals surface area contributed by atoms with E-state index in [1.54, 1.807) is 0 Å². The number of nitro benzene ring substituents is 1. The molecule has 0 aliphatic rings. The average molecular weight is 327 g/mol. The first kappa shape index (κ1) is 18.2. The first-order valence-electron chi connectivity index (χ1n) is 6.86. The Morgan fingerprint density at radius 2 is 2.18 bits per heavy atom. The molecule has 122 valence electrons. The predicted octanol–water partition coefficient (Wildman–Crippen LogP) is 2.05. The number of benzene rings is 1. The summed E-state index contributed by atoms with van der Waals surface area (Å²) in [6.45, 7) is 5.08. The molecule has 0 bridgehead atoms. The number of likely N-dealkylation sites (N-methyl/N-ethyl adjacent to an activating group) is 1. The van der Waals surface area contributed by atoms with Crippen molar-refractivity contribution >= 4 is 23.4 Å². The number of nitrogens with zero attached hydrogens (tertiary/aromatic N) is 1. The monoisotopic (exact) mass is 327 g/mol. The van der Waals surface area contributed by atoms with Gasteiger partial charge in [0.05, 0.1) is 23.0 Å². The van der Waals surface area contributed by atoms with Crippen LogP contribution in [0.3, 0.4) is 0 Å². The fourth-order valence-corrected chi connectivity index (χ4v) is 2.54. The molecule has 2 N–H and O–H groups in total. The van der Waals surface area contributed by atoms with Gasteiger partial charge in [-0.3, -0.25) is 14.9 Å². The van der Waals surface area contributed by atoms with E-state index in [-0.39, 0.29) is 17.3 Å². The van der Waals surface area contributed by atoms with E-state index in [2.05, 4.69) is 10.6 Å². The van der Waals surface area contributed by atoms with Crippen molar-refractivity contribution in [3.63, 3.8) is 0 Å². The van der Waals surface area contributed by atoms with Crippen LogP contribution in [0.1, 0.15) is 24.2 Å². The predicted molar refractivity (Wildman–Crippen MR) is 86.9 cm³/mol. The largest absolute Gasteiger partial charge is 0.495 e. The molecular weight excluding hydrogens is 306 g/mol. The highest BCUT2D eigenvalue weighted by atomic mass is 32.2. The summed E-state index contributed by atoms with van der Waals surface area (Å²) in [5.74, 6) is -0.0776. The first-order valence-corrected chi connectivity index (χ1v) is 8.09.